The van der Waals surface area contributed by atoms with Crippen LogP contribution in [0.25, 0.3) is 0 Å². The number of carbonyl (C=O) groups excluding carboxylic acids is 2. The molecule has 2 aromatic rings. The van der Waals surface area contributed by atoms with Gasteiger partial charge in [-0.15, -0.1) is 0 Å². The lowest BCUT2D eigenvalue weighted by atomic mass is 10.1. The lowest BCUT2D eigenvalue weighted by Gasteiger charge is -2.31. The lowest BCUT2D eigenvalue weighted by molar-refractivity contribution is -0.141. The largest absolute Gasteiger partial charge is 0.497 e. The first-order valence-corrected chi connectivity index (χ1v) is 12.4. The Kier molecular flexibility index (Phi) is 9.80. The van der Waals surface area contributed by atoms with Gasteiger partial charge in [-0.05, 0) is 62.4 Å². The van der Waals surface area contributed by atoms with Crippen molar-refractivity contribution in [3.8, 4) is 11.5 Å². The summed E-state index contributed by atoms with van der Waals surface area (Å²) in [6.07, 6.45) is 5.85. The highest BCUT2D eigenvalue weighted by Crippen LogP contribution is 2.21. The van der Waals surface area contributed by atoms with E-state index in [1.54, 1.807) is 12.0 Å². The molecule has 1 fully saturated rings. The van der Waals surface area contributed by atoms with Crippen molar-refractivity contribution < 1.29 is 19.1 Å². The molecule has 0 bridgehead atoms. The standard InChI is InChI=1S/C28H38N2O4/c1-4-26(28(32)29-23-11-5-6-12-23)30(20-22-10-7-9-21(2)19-22)27(31)13-8-18-34-25-16-14-24(33-3)15-17-25/h7,9-10,14-17,19,23,26H,4-6,8,11-13,18,20H2,1-3H3,(H,29,32)/t26-/m0/s1. The van der Waals surface area contributed by atoms with Gasteiger partial charge in [0.25, 0.3) is 0 Å². The Morgan fingerprint density at radius 2 is 1.79 bits per heavy atom. The van der Waals surface area contributed by atoms with Gasteiger partial charge in [0.1, 0.15) is 17.5 Å². The van der Waals surface area contributed by atoms with E-state index in [4.69, 9.17) is 9.47 Å². The van der Waals surface area contributed by atoms with Crippen LogP contribution in [0.15, 0.2) is 48.5 Å². The highest BCUT2D eigenvalue weighted by atomic mass is 16.5. The monoisotopic (exact) mass is 466 g/mol. The Hall–Kier alpha value is -3.02. The normalized spacial score (nSPS) is 14.4. The van der Waals surface area contributed by atoms with E-state index in [0.29, 0.717) is 32.4 Å². The van der Waals surface area contributed by atoms with Gasteiger partial charge in [0.2, 0.25) is 11.8 Å². The first kappa shape index (κ1) is 25.6. The van der Waals surface area contributed by atoms with E-state index < -0.39 is 6.04 Å². The van der Waals surface area contributed by atoms with Crippen LogP contribution < -0.4 is 14.8 Å². The van der Waals surface area contributed by atoms with Crippen LogP contribution in [0.1, 0.15) is 63.0 Å². The summed E-state index contributed by atoms with van der Waals surface area (Å²) >= 11 is 0. The average molecular weight is 467 g/mol. The summed E-state index contributed by atoms with van der Waals surface area (Å²) in [5.41, 5.74) is 2.18. The van der Waals surface area contributed by atoms with Crippen molar-refractivity contribution in [2.75, 3.05) is 13.7 Å². The number of methoxy groups -OCH3 is 1. The van der Waals surface area contributed by atoms with Gasteiger partial charge in [-0.2, -0.15) is 0 Å². The lowest BCUT2D eigenvalue weighted by Crippen LogP contribution is -2.50. The Morgan fingerprint density at radius 3 is 2.44 bits per heavy atom. The number of amides is 2. The number of hydrogen-bond acceptors (Lipinski definition) is 4. The minimum atomic E-state index is -0.476. The maximum atomic E-state index is 13.3. The molecule has 6 nitrogen and oxygen atoms in total. The Bertz CT molecular complexity index is 922. The molecule has 0 radical (unpaired) electrons. The van der Waals surface area contributed by atoms with E-state index in [2.05, 4.69) is 11.4 Å². The first-order valence-electron chi connectivity index (χ1n) is 12.4. The van der Waals surface area contributed by atoms with Crippen molar-refractivity contribution in [1.29, 1.82) is 0 Å². The van der Waals surface area contributed by atoms with E-state index in [1.807, 2.05) is 56.3 Å². The second kappa shape index (κ2) is 13.0. The summed E-state index contributed by atoms with van der Waals surface area (Å²) in [5, 5.41) is 3.19. The third-order valence-corrected chi connectivity index (χ3v) is 6.39. The zero-order valence-electron chi connectivity index (χ0n) is 20.7. The summed E-state index contributed by atoms with van der Waals surface area (Å²) in [6.45, 7) is 4.87. The van der Waals surface area contributed by atoms with Gasteiger partial charge in [-0.25, -0.2) is 0 Å². The van der Waals surface area contributed by atoms with Crippen LogP contribution in [0.5, 0.6) is 11.5 Å². The molecule has 184 valence electrons. The van der Waals surface area contributed by atoms with Crippen molar-refractivity contribution in [2.45, 2.75) is 77.4 Å². The third-order valence-electron chi connectivity index (χ3n) is 6.39. The summed E-state index contributed by atoms with van der Waals surface area (Å²) in [4.78, 5) is 28.3. The molecule has 0 unspecified atom stereocenters. The number of hydrogen-bond donors (Lipinski definition) is 1. The predicted molar refractivity (Wildman–Crippen MR) is 134 cm³/mol. The zero-order chi connectivity index (χ0) is 24.3. The number of rotatable bonds is 12. The summed E-state index contributed by atoms with van der Waals surface area (Å²) in [6, 6.07) is 15.3. The van der Waals surface area contributed by atoms with Crippen molar-refractivity contribution >= 4 is 11.8 Å². The molecule has 3 rings (SSSR count). The Balaban J connectivity index is 1.63. The van der Waals surface area contributed by atoms with E-state index in [0.717, 1.165) is 48.3 Å². The quantitative estimate of drug-likeness (QED) is 0.446. The van der Waals surface area contributed by atoms with Crippen LogP contribution in [0.2, 0.25) is 0 Å². The fraction of sp³-hybridized carbons (Fsp3) is 0.500. The van der Waals surface area contributed by atoms with E-state index in [1.165, 1.54) is 0 Å². The molecule has 0 heterocycles. The predicted octanol–water partition coefficient (Wildman–Crippen LogP) is 5.03. The molecule has 1 N–H and O–H groups in total. The van der Waals surface area contributed by atoms with Gasteiger partial charge in [0, 0.05) is 19.0 Å². The number of aryl methyl sites for hydroxylation is 1. The molecule has 6 heteroatoms. The fourth-order valence-corrected chi connectivity index (χ4v) is 4.52. The van der Waals surface area contributed by atoms with E-state index in [-0.39, 0.29) is 17.9 Å². The molecule has 0 spiro atoms. The number of benzene rings is 2. The molecule has 0 aliphatic heterocycles. The SMILES string of the molecule is CC[C@@H](C(=O)NC1CCCC1)N(Cc1cccc(C)c1)C(=O)CCCOc1ccc(OC)cc1. The van der Waals surface area contributed by atoms with Crippen molar-refractivity contribution in [3.05, 3.63) is 59.7 Å². The molecule has 2 aromatic carbocycles. The van der Waals surface area contributed by atoms with Crippen LogP contribution in [0, 0.1) is 6.92 Å². The van der Waals surface area contributed by atoms with Crippen LogP contribution in [0.4, 0.5) is 0 Å². The summed E-state index contributed by atoms with van der Waals surface area (Å²) in [5.74, 6) is 1.46. The van der Waals surface area contributed by atoms with Gasteiger partial charge < -0.3 is 19.7 Å². The molecule has 1 atom stereocenters. The Labute approximate surface area is 203 Å². The topological polar surface area (TPSA) is 67.9 Å². The highest BCUT2D eigenvalue weighted by Gasteiger charge is 2.30. The highest BCUT2D eigenvalue weighted by molar-refractivity contribution is 5.87. The van der Waals surface area contributed by atoms with Crippen molar-refractivity contribution in [2.24, 2.45) is 0 Å². The van der Waals surface area contributed by atoms with E-state index in [9.17, 15) is 9.59 Å². The van der Waals surface area contributed by atoms with Crippen molar-refractivity contribution in [1.82, 2.24) is 10.2 Å². The molecule has 1 saturated carbocycles. The zero-order valence-corrected chi connectivity index (χ0v) is 20.7. The molecule has 0 saturated heterocycles. The molecule has 2 amide bonds. The average Bonchev–Trinajstić information content (AvgIpc) is 3.35. The van der Waals surface area contributed by atoms with Gasteiger partial charge in [-0.3, -0.25) is 9.59 Å². The van der Waals surface area contributed by atoms with Crippen LogP contribution >= 0.6 is 0 Å². The number of ether oxygens (including phenoxy) is 2. The summed E-state index contributed by atoms with van der Waals surface area (Å²) in [7, 11) is 1.63. The second-order valence-corrected chi connectivity index (χ2v) is 9.05. The third kappa shape index (κ3) is 7.51. The maximum Gasteiger partial charge on any atom is 0.243 e. The fourth-order valence-electron chi connectivity index (χ4n) is 4.52. The number of nitrogens with one attached hydrogen (secondary N) is 1. The Morgan fingerprint density at radius 1 is 1.09 bits per heavy atom. The second-order valence-electron chi connectivity index (χ2n) is 9.05. The first-order chi connectivity index (χ1) is 16.5. The molecule has 0 aromatic heterocycles. The summed E-state index contributed by atoms with van der Waals surface area (Å²) < 4.78 is 11.0. The molecular formula is C28H38N2O4. The van der Waals surface area contributed by atoms with Crippen molar-refractivity contribution in [3.63, 3.8) is 0 Å². The van der Waals surface area contributed by atoms with Crippen LogP contribution in [-0.4, -0.2) is 42.5 Å². The molecule has 1 aliphatic rings. The molecular weight excluding hydrogens is 428 g/mol. The minimum absolute atomic E-state index is 0.0201. The number of carbonyl (C=O) groups is 2. The molecule has 34 heavy (non-hydrogen) atoms. The van der Waals surface area contributed by atoms with Gasteiger partial charge in [0.05, 0.1) is 13.7 Å². The van der Waals surface area contributed by atoms with Crippen LogP contribution in [-0.2, 0) is 16.1 Å². The molecule has 1 aliphatic carbocycles. The van der Waals surface area contributed by atoms with Gasteiger partial charge >= 0.3 is 0 Å². The van der Waals surface area contributed by atoms with Crippen LogP contribution in [0.3, 0.4) is 0 Å². The van der Waals surface area contributed by atoms with E-state index >= 15 is 0 Å². The van der Waals surface area contributed by atoms with Gasteiger partial charge in [0.15, 0.2) is 0 Å². The maximum absolute atomic E-state index is 13.3. The number of nitrogens with zero attached hydrogens (tertiary/aromatic N) is 1. The smallest absolute Gasteiger partial charge is 0.243 e. The minimum Gasteiger partial charge on any atom is -0.497 e. The van der Waals surface area contributed by atoms with Gasteiger partial charge in [-0.1, -0.05) is 49.6 Å².